The monoisotopic (exact) mass is 447 g/mol. The van der Waals surface area contributed by atoms with Crippen LogP contribution in [0.3, 0.4) is 0 Å². The number of urea groups is 1. The van der Waals surface area contributed by atoms with Gasteiger partial charge in [-0.3, -0.25) is 4.79 Å². The molecule has 0 unspecified atom stereocenters. The van der Waals surface area contributed by atoms with Crippen molar-refractivity contribution in [3.63, 3.8) is 0 Å². The maximum Gasteiger partial charge on any atom is 0.333 e. The second-order valence-electron chi connectivity index (χ2n) is 6.92. The van der Waals surface area contributed by atoms with E-state index in [0.29, 0.717) is 22.0 Å². The highest BCUT2D eigenvalue weighted by molar-refractivity contribution is 6.32. The van der Waals surface area contributed by atoms with Crippen molar-refractivity contribution in [2.24, 2.45) is 0 Å². The number of ether oxygens (including phenoxy) is 1. The lowest BCUT2D eigenvalue weighted by atomic mass is 10.1. The van der Waals surface area contributed by atoms with Crippen LogP contribution >= 0.6 is 11.6 Å². The van der Waals surface area contributed by atoms with Crippen molar-refractivity contribution in [2.45, 2.75) is 6.61 Å². The van der Waals surface area contributed by atoms with Crippen LogP contribution in [0.1, 0.15) is 21.5 Å². The fraction of sp³-hybridized carbons (Fsp3) is 0.0417. The Morgan fingerprint density at radius 2 is 1.78 bits per heavy atom. The van der Waals surface area contributed by atoms with Crippen molar-refractivity contribution in [3.05, 3.63) is 100 Å². The molecule has 3 amide bonds. The van der Waals surface area contributed by atoms with Gasteiger partial charge in [-0.2, -0.15) is 0 Å². The van der Waals surface area contributed by atoms with E-state index in [-0.39, 0.29) is 17.9 Å². The summed E-state index contributed by atoms with van der Waals surface area (Å²) in [6, 6.07) is 19.1. The van der Waals surface area contributed by atoms with E-state index < -0.39 is 17.9 Å². The highest BCUT2D eigenvalue weighted by Crippen LogP contribution is 2.27. The number of rotatable bonds is 6. The minimum Gasteiger partial charge on any atom is -0.545 e. The van der Waals surface area contributed by atoms with E-state index in [1.807, 2.05) is 0 Å². The smallest absolute Gasteiger partial charge is 0.333 e. The van der Waals surface area contributed by atoms with Crippen LogP contribution < -0.4 is 20.1 Å². The maximum absolute atomic E-state index is 12.8. The van der Waals surface area contributed by atoms with Crippen molar-refractivity contribution in [1.82, 2.24) is 5.32 Å². The molecule has 4 rings (SSSR count). The minimum atomic E-state index is -1.25. The predicted octanol–water partition coefficient (Wildman–Crippen LogP) is 3.38. The third-order valence-electron chi connectivity index (χ3n) is 4.75. The Bertz CT molecular complexity index is 1240. The second-order valence-corrected chi connectivity index (χ2v) is 7.36. The molecule has 7 nitrogen and oxygen atoms in total. The molecular weight excluding hydrogens is 432 g/mol. The molecule has 0 atom stereocenters. The summed E-state index contributed by atoms with van der Waals surface area (Å²) in [6.07, 6.45) is 1.54. The van der Waals surface area contributed by atoms with Gasteiger partial charge in [-0.25, -0.2) is 9.69 Å². The number of hydrogen-bond donors (Lipinski definition) is 1. The molecule has 0 bridgehead atoms. The molecule has 3 aromatic rings. The lowest BCUT2D eigenvalue weighted by Crippen LogP contribution is -2.30. The Balaban J connectivity index is 1.54. The van der Waals surface area contributed by atoms with E-state index in [1.165, 1.54) is 18.2 Å². The highest BCUT2D eigenvalue weighted by atomic mass is 35.5. The molecule has 1 fully saturated rings. The van der Waals surface area contributed by atoms with Gasteiger partial charge in [0, 0.05) is 10.6 Å². The standard InChI is InChI=1S/C24H17ClN2O5/c25-18-5-3-6-19(13-18)27-22(28)20(26-24(27)31)12-17-4-1-2-7-21(17)32-14-15-8-10-16(11-9-15)23(29)30/h1-13H,14H2,(H,26,31)(H,29,30)/p-1/b20-12+. The first-order valence-electron chi connectivity index (χ1n) is 9.57. The van der Waals surface area contributed by atoms with Gasteiger partial charge in [0.25, 0.3) is 5.91 Å². The van der Waals surface area contributed by atoms with E-state index >= 15 is 0 Å². The van der Waals surface area contributed by atoms with Crippen LogP contribution in [0, 0.1) is 0 Å². The number of hydrogen-bond acceptors (Lipinski definition) is 5. The first kappa shape index (κ1) is 21.1. The Labute approximate surface area is 188 Å². The van der Waals surface area contributed by atoms with Crippen molar-refractivity contribution in [1.29, 1.82) is 0 Å². The summed E-state index contributed by atoms with van der Waals surface area (Å²) in [7, 11) is 0. The Kier molecular flexibility index (Phi) is 5.91. The zero-order chi connectivity index (χ0) is 22.7. The topological polar surface area (TPSA) is 98.8 Å². The Hall–Kier alpha value is -4.10. The number of amides is 3. The third kappa shape index (κ3) is 4.48. The van der Waals surface area contributed by atoms with E-state index in [1.54, 1.807) is 60.7 Å². The molecule has 3 aromatic carbocycles. The average Bonchev–Trinajstić information content (AvgIpc) is 3.06. The van der Waals surface area contributed by atoms with Crippen LogP contribution in [0.25, 0.3) is 6.08 Å². The van der Waals surface area contributed by atoms with Gasteiger partial charge in [-0.1, -0.05) is 60.1 Å². The van der Waals surface area contributed by atoms with Crippen LogP contribution in [-0.4, -0.2) is 17.9 Å². The van der Waals surface area contributed by atoms with Gasteiger partial charge < -0.3 is 20.0 Å². The summed E-state index contributed by atoms with van der Waals surface area (Å²) < 4.78 is 5.86. The first-order chi connectivity index (χ1) is 15.4. The fourth-order valence-electron chi connectivity index (χ4n) is 3.17. The van der Waals surface area contributed by atoms with Gasteiger partial charge in [0.15, 0.2) is 0 Å². The highest BCUT2D eigenvalue weighted by Gasteiger charge is 2.35. The molecule has 1 aliphatic heterocycles. The molecule has 8 heteroatoms. The molecule has 0 aliphatic carbocycles. The van der Waals surface area contributed by atoms with Gasteiger partial charge in [0.05, 0.1) is 11.7 Å². The molecule has 0 radical (unpaired) electrons. The maximum atomic E-state index is 12.8. The van der Waals surface area contributed by atoms with Crippen LogP contribution in [0.4, 0.5) is 10.5 Å². The number of para-hydroxylation sites is 1. The number of anilines is 1. The summed E-state index contributed by atoms with van der Waals surface area (Å²) in [5, 5.41) is 13.9. The van der Waals surface area contributed by atoms with E-state index in [4.69, 9.17) is 16.3 Å². The van der Waals surface area contributed by atoms with Crippen molar-refractivity contribution >= 4 is 41.3 Å². The molecular formula is C24H16ClN2O5-. The lowest BCUT2D eigenvalue weighted by Gasteiger charge is -2.12. The van der Waals surface area contributed by atoms with E-state index in [9.17, 15) is 19.5 Å². The molecule has 1 N–H and O–H groups in total. The van der Waals surface area contributed by atoms with E-state index in [0.717, 1.165) is 10.5 Å². The third-order valence-corrected chi connectivity index (χ3v) is 4.98. The fourth-order valence-corrected chi connectivity index (χ4v) is 3.35. The van der Waals surface area contributed by atoms with Crippen LogP contribution in [0.15, 0.2) is 78.5 Å². The normalized spacial score (nSPS) is 14.5. The predicted molar refractivity (Wildman–Crippen MR) is 117 cm³/mol. The van der Waals surface area contributed by atoms with Crippen LogP contribution in [-0.2, 0) is 11.4 Å². The summed E-state index contributed by atoms with van der Waals surface area (Å²) >= 11 is 5.98. The summed E-state index contributed by atoms with van der Waals surface area (Å²) in [4.78, 5) is 37.1. The first-order valence-corrected chi connectivity index (χ1v) is 9.95. The van der Waals surface area contributed by atoms with Gasteiger partial charge in [-0.05, 0) is 41.5 Å². The van der Waals surface area contributed by atoms with Gasteiger partial charge in [0.1, 0.15) is 18.1 Å². The number of aromatic carboxylic acids is 1. The molecule has 1 aliphatic rings. The second kappa shape index (κ2) is 8.95. The molecule has 160 valence electrons. The van der Waals surface area contributed by atoms with Crippen LogP contribution in [0.5, 0.6) is 5.75 Å². The molecule has 0 aromatic heterocycles. The SMILES string of the molecule is O=C([O-])c1ccc(COc2ccccc2/C=C2/NC(=O)N(c3cccc(Cl)c3)C2=O)cc1. The molecule has 1 heterocycles. The van der Waals surface area contributed by atoms with Crippen molar-refractivity contribution < 1.29 is 24.2 Å². The number of carbonyl (C=O) groups excluding carboxylic acids is 3. The van der Waals surface area contributed by atoms with Gasteiger partial charge in [-0.15, -0.1) is 0 Å². The van der Waals surface area contributed by atoms with Gasteiger partial charge in [0.2, 0.25) is 0 Å². The summed E-state index contributed by atoms with van der Waals surface area (Å²) in [5.41, 5.74) is 1.90. The number of carboxylic acids is 1. The molecule has 32 heavy (non-hydrogen) atoms. The number of imide groups is 1. The largest absolute Gasteiger partial charge is 0.545 e. The van der Waals surface area contributed by atoms with Gasteiger partial charge >= 0.3 is 6.03 Å². The number of carboxylic acid groups (broad SMARTS) is 1. The number of halogens is 1. The summed E-state index contributed by atoms with van der Waals surface area (Å²) in [5.74, 6) is -1.26. The number of carbonyl (C=O) groups is 3. The zero-order valence-corrected chi connectivity index (χ0v) is 17.3. The Morgan fingerprint density at radius 3 is 2.50 bits per heavy atom. The minimum absolute atomic E-state index is 0.0821. The van der Waals surface area contributed by atoms with Crippen molar-refractivity contribution in [3.8, 4) is 5.75 Å². The summed E-state index contributed by atoms with van der Waals surface area (Å²) in [6.45, 7) is 0.183. The lowest BCUT2D eigenvalue weighted by molar-refractivity contribution is -0.255. The van der Waals surface area contributed by atoms with Crippen LogP contribution in [0.2, 0.25) is 5.02 Å². The Morgan fingerprint density at radius 1 is 1.03 bits per heavy atom. The number of nitrogens with zero attached hydrogens (tertiary/aromatic N) is 1. The average molecular weight is 448 g/mol. The number of nitrogens with one attached hydrogen (secondary N) is 1. The molecule has 1 saturated heterocycles. The van der Waals surface area contributed by atoms with Crippen molar-refractivity contribution in [2.75, 3.05) is 4.90 Å². The molecule has 0 saturated carbocycles. The zero-order valence-electron chi connectivity index (χ0n) is 16.6. The van der Waals surface area contributed by atoms with E-state index in [2.05, 4.69) is 5.32 Å². The molecule has 0 spiro atoms. The number of benzene rings is 3. The quantitative estimate of drug-likeness (QED) is 0.461.